The minimum absolute atomic E-state index is 0.0230. The van der Waals surface area contributed by atoms with Crippen LogP contribution in [0.4, 0.5) is 5.69 Å². The Hall–Kier alpha value is -1.76. The molecule has 0 heterocycles. The van der Waals surface area contributed by atoms with E-state index in [4.69, 9.17) is 4.74 Å². The molecule has 0 spiro atoms. The van der Waals surface area contributed by atoms with Crippen molar-refractivity contribution in [2.75, 3.05) is 31.6 Å². The summed E-state index contributed by atoms with van der Waals surface area (Å²) in [4.78, 5) is 14.5. The van der Waals surface area contributed by atoms with Crippen molar-refractivity contribution in [1.29, 1.82) is 0 Å². The van der Waals surface area contributed by atoms with E-state index in [0.29, 0.717) is 6.54 Å². The topological polar surface area (TPSA) is 41.6 Å². The molecule has 0 saturated carbocycles. The van der Waals surface area contributed by atoms with Crippen molar-refractivity contribution in [3.8, 4) is 5.75 Å². The molecule has 0 aromatic heterocycles. The van der Waals surface area contributed by atoms with Gasteiger partial charge in [0.15, 0.2) is 0 Å². The van der Waals surface area contributed by atoms with Gasteiger partial charge in [-0.1, -0.05) is 11.6 Å². The average Bonchev–Trinajstić information content (AvgIpc) is 2.58. The van der Waals surface area contributed by atoms with Crippen LogP contribution in [-0.2, 0) is 0 Å². The lowest BCUT2D eigenvalue weighted by molar-refractivity contribution is 0.0953. The SMILES string of the molecule is CCN(CCNC(=O)c1ccc(C)cc1I)c1ccc(OC)cc1. The highest BCUT2D eigenvalue weighted by Crippen LogP contribution is 2.19. The predicted molar refractivity (Wildman–Crippen MR) is 107 cm³/mol. The van der Waals surface area contributed by atoms with Gasteiger partial charge in [-0.25, -0.2) is 0 Å². The molecule has 24 heavy (non-hydrogen) atoms. The predicted octanol–water partition coefficient (Wildman–Crippen LogP) is 3.86. The van der Waals surface area contributed by atoms with Crippen LogP contribution in [0, 0.1) is 10.5 Å². The molecule has 0 radical (unpaired) electrons. The number of carbonyl (C=O) groups is 1. The number of likely N-dealkylation sites (N-methyl/N-ethyl adjacent to an activating group) is 1. The lowest BCUT2D eigenvalue weighted by atomic mass is 10.1. The Balaban J connectivity index is 1.92. The summed E-state index contributed by atoms with van der Waals surface area (Å²) in [6.07, 6.45) is 0. The number of methoxy groups -OCH3 is 1. The summed E-state index contributed by atoms with van der Waals surface area (Å²) in [6, 6.07) is 13.8. The van der Waals surface area contributed by atoms with E-state index in [1.54, 1.807) is 7.11 Å². The Labute approximate surface area is 157 Å². The van der Waals surface area contributed by atoms with E-state index in [0.717, 1.165) is 39.2 Å². The summed E-state index contributed by atoms with van der Waals surface area (Å²) >= 11 is 2.21. The summed E-state index contributed by atoms with van der Waals surface area (Å²) < 4.78 is 6.17. The van der Waals surface area contributed by atoms with E-state index in [1.807, 2.05) is 49.4 Å². The van der Waals surface area contributed by atoms with Gasteiger partial charge in [0, 0.05) is 28.9 Å². The van der Waals surface area contributed by atoms with Crippen molar-refractivity contribution in [3.63, 3.8) is 0 Å². The number of ether oxygens (including phenoxy) is 1. The molecular formula is C19H23IN2O2. The van der Waals surface area contributed by atoms with Gasteiger partial charge in [0.1, 0.15) is 5.75 Å². The first-order valence-corrected chi connectivity index (χ1v) is 9.06. The third kappa shape index (κ3) is 4.87. The molecule has 1 amide bonds. The normalized spacial score (nSPS) is 10.3. The number of aryl methyl sites for hydroxylation is 1. The van der Waals surface area contributed by atoms with E-state index in [9.17, 15) is 4.79 Å². The number of halogens is 1. The molecule has 0 atom stereocenters. The van der Waals surface area contributed by atoms with Crippen LogP contribution >= 0.6 is 22.6 Å². The number of carbonyl (C=O) groups excluding carboxylic acids is 1. The molecule has 0 unspecified atom stereocenters. The first kappa shape index (κ1) is 18.6. The fraction of sp³-hybridized carbons (Fsp3) is 0.316. The standard InChI is InChI=1S/C19H23IN2O2/c1-4-22(15-6-8-16(24-3)9-7-15)12-11-21-19(23)17-10-5-14(2)13-18(17)20/h5-10,13H,4,11-12H2,1-3H3,(H,21,23). The number of hydrogen-bond acceptors (Lipinski definition) is 3. The second-order valence-electron chi connectivity index (χ2n) is 5.52. The minimum Gasteiger partial charge on any atom is -0.497 e. The van der Waals surface area contributed by atoms with Crippen LogP contribution in [0.15, 0.2) is 42.5 Å². The first-order valence-electron chi connectivity index (χ1n) is 7.98. The molecule has 0 aliphatic heterocycles. The second kappa shape index (κ2) is 8.92. The smallest absolute Gasteiger partial charge is 0.252 e. The van der Waals surface area contributed by atoms with Crippen LogP contribution in [-0.4, -0.2) is 32.7 Å². The van der Waals surface area contributed by atoms with E-state index in [2.05, 4.69) is 39.7 Å². The van der Waals surface area contributed by atoms with Gasteiger partial charge in [0.2, 0.25) is 0 Å². The zero-order valence-corrected chi connectivity index (χ0v) is 16.5. The van der Waals surface area contributed by atoms with Gasteiger partial charge in [0.25, 0.3) is 5.91 Å². The molecule has 0 aliphatic carbocycles. The quantitative estimate of drug-likeness (QED) is 0.668. The maximum atomic E-state index is 12.3. The summed E-state index contributed by atoms with van der Waals surface area (Å²) in [6.45, 7) is 6.37. The zero-order chi connectivity index (χ0) is 17.5. The molecule has 128 valence electrons. The number of nitrogens with one attached hydrogen (secondary N) is 1. The van der Waals surface area contributed by atoms with Gasteiger partial charge >= 0.3 is 0 Å². The molecule has 0 fully saturated rings. The van der Waals surface area contributed by atoms with Gasteiger partial charge in [-0.15, -0.1) is 0 Å². The Morgan fingerprint density at radius 2 is 1.92 bits per heavy atom. The van der Waals surface area contributed by atoms with Crippen molar-refractivity contribution in [2.24, 2.45) is 0 Å². The van der Waals surface area contributed by atoms with Crippen molar-refractivity contribution < 1.29 is 9.53 Å². The molecular weight excluding hydrogens is 415 g/mol. The van der Waals surface area contributed by atoms with Crippen LogP contribution in [0.3, 0.4) is 0 Å². The summed E-state index contributed by atoms with van der Waals surface area (Å²) in [5, 5.41) is 3.01. The average molecular weight is 438 g/mol. The number of anilines is 1. The summed E-state index contributed by atoms with van der Waals surface area (Å²) in [5.41, 5.74) is 3.01. The monoisotopic (exact) mass is 438 g/mol. The number of benzene rings is 2. The molecule has 2 aromatic rings. The van der Waals surface area contributed by atoms with Crippen LogP contribution in [0.2, 0.25) is 0 Å². The van der Waals surface area contributed by atoms with Crippen LogP contribution in [0.5, 0.6) is 5.75 Å². The van der Waals surface area contributed by atoms with Crippen LogP contribution in [0.1, 0.15) is 22.8 Å². The molecule has 0 aliphatic rings. The number of nitrogens with zero attached hydrogens (tertiary/aromatic N) is 1. The Morgan fingerprint density at radius 3 is 2.50 bits per heavy atom. The van der Waals surface area contributed by atoms with Crippen molar-refractivity contribution >= 4 is 34.2 Å². The number of amides is 1. The van der Waals surface area contributed by atoms with Gasteiger partial charge in [-0.3, -0.25) is 4.79 Å². The lowest BCUT2D eigenvalue weighted by Gasteiger charge is -2.23. The third-order valence-electron chi connectivity index (χ3n) is 3.86. The molecule has 2 aromatic carbocycles. The number of rotatable bonds is 7. The van der Waals surface area contributed by atoms with Crippen LogP contribution in [0.25, 0.3) is 0 Å². The highest BCUT2D eigenvalue weighted by Gasteiger charge is 2.10. The van der Waals surface area contributed by atoms with Crippen molar-refractivity contribution in [2.45, 2.75) is 13.8 Å². The maximum Gasteiger partial charge on any atom is 0.252 e. The highest BCUT2D eigenvalue weighted by molar-refractivity contribution is 14.1. The molecule has 4 nitrogen and oxygen atoms in total. The van der Waals surface area contributed by atoms with Gasteiger partial charge in [-0.05, 0) is 72.8 Å². The summed E-state index contributed by atoms with van der Waals surface area (Å²) in [7, 11) is 1.66. The molecule has 2 rings (SSSR count). The first-order chi connectivity index (χ1) is 11.5. The second-order valence-corrected chi connectivity index (χ2v) is 6.68. The summed E-state index contributed by atoms with van der Waals surface area (Å²) in [5.74, 6) is 0.822. The minimum atomic E-state index is -0.0230. The third-order valence-corrected chi connectivity index (χ3v) is 4.75. The lowest BCUT2D eigenvalue weighted by Crippen LogP contribution is -2.35. The van der Waals surface area contributed by atoms with Gasteiger partial charge in [0.05, 0.1) is 12.7 Å². The van der Waals surface area contributed by atoms with Crippen LogP contribution < -0.4 is 15.0 Å². The zero-order valence-electron chi connectivity index (χ0n) is 14.3. The fourth-order valence-corrected chi connectivity index (χ4v) is 3.38. The van der Waals surface area contributed by atoms with E-state index in [-0.39, 0.29) is 5.91 Å². The Morgan fingerprint density at radius 1 is 1.21 bits per heavy atom. The Kier molecular flexibility index (Phi) is 6.90. The Bertz CT molecular complexity index is 686. The van der Waals surface area contributed by atoms with Gasteiger partial charge < -0.3 is 15.0 Å². The molecule has 5 heteroatoms. The van der Waals surface area contributed by atoms with Crippen molar-refractivity contribution in [3.05, 3.63) is 57.2 Å². The van der Waals surface area contributed by atoms with Crippen molar-refractivity contribution in [1.82, 2.24) is 5.32 Å². The fourth-order valence-electron chi connectivity index (χ4n) is 2.47. The molecule has 0 saturated heterocycles. The maximum absolute atomic E-state index is 12.3. The van der Waals surface area contributed by atoms with E-state index >= 15 is 0 Å². The van der Waals surface area contributed by atoms with E-state index < -0.39 is 0 Å². The number of hydrogen-bond donors (Lipinski definition) is 1. The largest absolute Gasteiger partial charge is 0.497 e. The highest BCUT2D eigenvalue weighted by atomic mass is 127. The molecule has 1 N–H and O–H groups in total. The van der Waals surface area contributed by atoms with E-state index in [1.165, 1.54) is 0 Å². The molecule has 0 bridgehead atoms. The van der Waals surface area contributed by atoms with Gasteiger partial charge in [-0.2, -0.15) is 0 Å².